The van der Waals surface area contributed by atoms with Crippen LogP contribution in [-0.2, 0) is 20.9 Å². The predicted octanol–water partition coefficient (Wildman–Crippen LogP) is 2.48. The van der Waals surface area contributed by atoms with Crippen molar-refractivity contribution in [1.29, 1.82) is 0 Å². The highest BCUT2D eigenvalue weighted by Crippen LogP contribution is 2.42. The average molecular weight is 546 g/mol. The molecule has 2 N–H and O–H groups in total. The molecule has 0 spiro atoms. The van der Waals surface area contributed by atoms with E-state index in [4.69, 9.17) is 19.3 Å². The molecule has 1 amide bonds. The molecule has 2 aliphatic rings. The lowest BCUT2D eigenvalue weighted by Crippen LogP contribution is -2.38. The zero-order chi connectivity index (χ0) is 28.3. The van der Waals surface area contributed by atoms with E-state index in [1.54, 1.807) is 29.0 Å². The third-order valence-electron chi connectivity index (χ3n) is 7.42. The summed E-state index contributed by atoms with van der Waals surface area (Å²) in [5, 5.41) is 21.0. The van der Waals surface area contributed by atoms with Crippen LogP contribution in [0.3, 0.4) is 0 Å². The Labute approximate surface area is 225 Å². The molecule has 4 aromatic rings. The smallest absolute Gasteiger partial charge is 0.332 e. The third-order valence-corrected chi connectivity index (χ3v) is 7.42. The zero-order valence-corrected chi connectivity index (χ0v) is 21.5. The Bertz CT molecular complexity index is 1880. The van der Waals surface area contributed by atoms with Gasteiger partial charge in [-0.1, -0.05) is 0 Å². The molecule has 2 bridgehead atoms. The predicted molar refractivity (Wildman–Crippen MR) is 142 cm³/mol. The first-order chi connectivity index (χ1) is 19.2. The number of pyridine rings is 2. The molecule has 0 saturated carbocycles. The van der Waals surface area contributed by atoms with Crippen molar-refractivity contribution in [2.75, 3.05) is 27.4 Å². The summed E-state index contributed by atoms with van der Waals surface area (Å²) in [5.41, 5.74) is 1.06. The van der Waals surface area contributed by atoms with Crippen molar-refractivity contribution in [2.24, 2.45) is 0 Å². The summed E-state index contributed by atoms with van der Waals surface area (Å²) >= 11 is 0. The highest BCUT2D eigenvalue weighted by atomic mass is 16.5. The van der Waals surface area contributed by atoms with Crippen LogP contribution >= 0.6 is 0 Å². The minimum atomic E-state index is -1.50. The van der Waals surface area contributed by atoms with Gasteiger partial charge in [0.15, 0.2) is 11.5 Å². The average Bonchev–Trinajstić information content (AvgIpc) is 3.35. The van der Waals surface area contributed by atoms with Gasteiger partial charge in [-0.25, -0.2) is 4.79 Å². The van der Waals surface area contributed by atoms with Crippen molar-refractivity contribution in [3.8, 4) is 17.2 Å². The first kappa shape index (κ1) is 25.2. The summed E-state index contributed by atoms with van der Waals surface area (Å²) in [6.45, 7) is 0.208. The van der Waals surface area contributed by atoms with Crippen LogP contribution in [0, 0.1) is 0 Å². The molecule has 2 aromatic carbocycles. The van der Waals surface area contributed by atoms with Crippen LogP contribution in [0.15, 0.2) is 46.9 Å². The van der Waals surface area contributed by atoms with Crippen molar-refractivity contribution >= 4 is 50.4 Å². The molecule has 4 heterocycles. The second kappa shape index (κ2) is 9.26. The van der Waals surface area contributed by atoms with Crippen LogP contribution < -0.4 is 19.8 Å². The molecule has 12 heteroatoms. The van der Waals surface area contributed by atoms with Crippen LogP contribution in [0.4, 0.5) is 0 Å². The number of aliphatic carboxylic acids is 2. The zero-order valence-electron chi connectivity index (χ0n) is 21.5. The standard InChI is InChI=1S/C28H23N3O9/c1-38-22-8-14-15(9-23(22)39-2)27(35)31-4-3-30(24(32)5-13(28(36)37)6-25(33)34)20-12-40-21-10-19-16(7-17(20)21)26(31)18(14)11-29-19/h5,7-11,20H,3-4,6,12H2,1-2H3,(H,33,34)(H,36,37)/b13-5-. The van der Waals surface area contributed by atoms with Crippen molar-refractivity contribution in [3.63, 3.8) is 0 Å². The largest absolute Gasteiger partial charge is 0.493 e. The fraction of sp³-hybridized carbons (Fsp3) is 0.250. The van der Waals surface area contributed by atoms with E-state index in [-0.39, 0.29) is 25.3 Å². The highest BCUT2D eigenvalue weighted by Gasteiger charge is 2.35. The number of rotatable bonds is 6. The number of carboxylic acid groups (broad SMARTS) is 2. The number of amides is 1. The fourth-order valence-electron chi connectivity index (χ4n) is 5.56. The number of hydrogen-bond acceptors (Lipinski definition) is 8. The van der Waals surface area contributed by atoms with E-state index in [1.165, 1.54) is 19.1 Å². The Kier molecular flexibility index (Phi) is 5.82. The number of nitrogens with zero attached hydrogens (tertiary/aromatic N) is 3. The Morgan fingerprint density at radius 1 is 1.02 bits per heavy atom. The molecule has 0 radical (unpaired) electrons. The van der Waals surface area contributed by atoms with Gasteiger partial charge in [-0.15, -0.1) is 0 Å². The second-order valence-corrected chi connectivity index (χ2v) is 9.54. The van der Waals surface area contributed by atoms with Gasteiger partial charge in [-0.3, -0.25) is 19.4 Å². The lowest BCUT2D eigenvalue weighted by molar-refractivity contribution is -0.139. The lowest BCUT2D eigenvalue weighted by atomic mass is 10.0. The molecule has 40 heavy (non-hydrogen) atoms. The summed E-state index contributed by atoms with van der Waals surface area (Å²) in [5.74, 6) is -2.20. The topological polar surface area (TPSA) is 157 Å². The van der Waals surface area contributed by atoms with E-state index in [0.717, 1.165) is 6.08 Å². The van der Waals surface area contributed by atoms with E-state index in [0.29, 0.717) is 55.4 Å². The van der Waals surface area contributed by atoms with Crippen LogP contribution in [-0.4, -0.2) is 69.9 Å². The molecular weight excluding hydrogens is 522 g/mol. The molecule has 0 saturated heterocycles. The van der Waals surface area contributed by atoms with E-state index in [1.807, 2.05) is 6.07 Å². The normalized spacial score (nSPS) is 16.2. The van der Waals surface area contributed by atoms with Gasteiger partial charge in [0, 0.05) is 53.2 Å². The maximum atomic E-state index is 14.0. The second-order valence-electron chi connectivity index (χ2n) is 9.54. The lowest BCUT2D eigenvalue weighted by Gasteiger charge is -2.27. The number of benzene rings is 2. The maximum absolute atomic E-state index is 14.0. The summed E-state index contributed by atoms with van der Waals surface area (Å²) in [7, 11) is 2.99. The first-order valence-electron chi connectivity index (χ1n) is 12.4. The molecule has 2 aromatic heterocycles. The number of hydrogen-bond donors (Lipinski definition) is 2. The number of carbonyl (C=O) groups excluding carboxylic acids is 1. The Morgan fingerprint density at radius 2 is 1.75 bits per heavy atom. The molecule has 2 aliphatic heterocycles. The number of aromatic nitrogens is 2. The number of fused-ring (bicyclic) bond motifs is 2. The van der Waals surface area contributed by atoms with E-state index >= 15 is 0 Å². The van der Waals surface area contributed by atoms with Gasteiger partial charge < -0.3 is 33.9 Å². The summed E-state index contributed by atoms with van der Waals surface area (Å²) < 4.78 is 18.4. The van der Waals surface area contributed by atoms with Crippen LogP contribution in [0.5, 0.6) is 17.2 Å². The third kappa shape index (κ3) is 3.79. The molecule has 1 atom stereocenters. The van der Waals surface area contributed by atoms with Gasteiger partial charge in [-0.05, 0) is 18.2 Å². The minimum Gasteiger partial charge on any atom is -0.493 e. The Morgan fingerprint density at radius 3 is 2.42 bits per heavy atom. The van der Waals surface area contributed by atoms with Gasteiger partial charge in [0.1, 0.15) is 12.4 Å². The van der Waals surface area contributed by atoms with Crippen molar-refractivity contribution in [3.05, 3.63) is 58.0 Å². The van der Waals surface area contributed by atoms with Crippen LogP contribution in [0.1, 0.15) is 18.0 Å². The van der Waals surface area contributed by atoms with Gasteiger partial charge in [0.2, 0.25) is 5.91 Å². The maximum Gasteiger partial charge on any atom is 0.332 e. The molecule has 6 rings (SSSR count). The fourth-order valence-corrected chi connectivity index (χ4v) is 5.56. The van der Waals surface area contributed by atoms with Gasteiger partial charge in [0.05, 0.1) is 48.7 Å². The van der Waals surface area contributed by atoms with Crippen LogP contribution in [0.2, 0.25) is 0 Å². The number of methoxy groups -OCH3 is 2. The molecule has 1 unspecified atom stereocenters. The molecular formula is C28H23N3O9. The van der Waals surface area contributed by atoms with E-state index in [2.05, 4.69) is 4.98 Å². The molecule has 204 valence electrons. The van der Waals surface area contributed by atoms with Gasteiger partial charge >= 0.3 is 11.9 Å². The van der Waals surface area contributed by atoms with Crippen molar-refractivity contribution in [1.82, 2.24) is 14.5 Å². The van der Waals surface area contributed by atoms with E-state index in [9.17, 15) is 24.3 Å². The highest BCUT2D eigenvalue weighted by molar-refractivity contribution is 6.15. The Balaban J connectivity index is 1.61. The minimum absolute atomic E-state index is 0.0266. The van der Waals surface area contributed by atoms with Crippen LogP contribution in [0.25, 0.3) is 32.6 Å². The number of carboxylic acids is 2. The number of carbonyl (C=O) groups is 3. The molecule has 0 fully saturated rings. The number of ether oxygens (including phenoxy) is 3. The van der Waals surface area contributed by atoms with Gasteiger partial charge in [-0.2, -0.15) is 0 Å². The summed E-state index contributed by atoms with van der Waals surface area (Å²) in [6, 6.07) is 6.38. The Hall–Kier alpha value is -5.13. The summed E-state index contributed by atoms with van der Waals surface area (Å²) in [4.78, 5) is 56.3. The van der Waals surface area contributed by atoms with E-state index < -0.39 is 35.9 Å². The van der Waals surface area contributed by atoms with Crippen molar-refractivity contribution in [2.45, 2.75) is 19.0 Å². The molecule has 0 aliphatic carbocycles. The quantitative estimate of drug-likeness (QED) is 0.272. The first-order valence-corrected chi connectivity index (χ1v) is 12.4. The monoisotopic (exact) mass is 545 g/mol. The van der Waals surface area contributed by atoms with Crippen molar-refractivity contribution < 1.29 is 38.8 Å². The van der Waals surface area contributed by atoms with Gasteiger partial charge in [0.25, 0.3) is 5.56 Å². The SMILES string of the molecule is COc1cc2c(=O)n3c4c5cc6c(cc5ncc4c2cc1OC)OCC6N(C(=O)/C=C(/CC(=O)O)C(=O)O)CC3. The molecule has 12 nitrogen and oxygen atoms in total. The summed E-state index contributed by atoms with van der Waals surface area (Å²) in [6.07, 6.45) is 1.70.